The van der Waals surface area contributed by atoms with Gasteiger partial charge in [0.2, 0.25) is 0 Å². The third-order valence-corrected chi connectivity index (χ3v) is 20.4. The molecule has 0 aliphatic carbocycles. The zero-order valence-corrected chi connectivity index (χ0v) is 55.6. The minimum absolute atomic E-state index is 0.0396. The van der Waals surface area contributed by atoms with Gasteiger partial charge in [0, 0.05) is 66.8 Å². The molecule has 0 spiro atoms. The molecule has 0 fully saturated rings. The van der Waals surface area contributed by atoms with Gasteiger partial charge < -0.3 is 18.9 Å². The number of hydrogen-bond donors (Lipinski definition) is 0. The van der Waals surface area contributed by atoms with E-state index in [1.165, 1.54) is 110 Å². The maximum absolute atomic E-state index is 2.68. The molecule has 0 bridgehead atoms. The lowest BCUT2D eigenvalue weighted by atomic mass is 9.33. The zero-order chi connectivity index (χ0) is 64.6. The van der Waals surface area contributed by atoms with Crippen LogP contribution in [0.1, 0.15) is 79.0 Å². The molecule has 4 heterocycles. The number of nitrogens with zero attached hydrogens (tertiary/aromatic N) is 4. The summed E-state index contributed by atoms with van der Waals surface area (Å²) in [5.41, 5.74) is 30.4. The summed E-state index contributed by atoms with van der Waals surface area (Å²) in [5, 5.41) is 4.95. The zero-order valence-electron chi connectivity index (χ0n) is 55.6. The van der Waals surface area contributed by atoms with Gasteiger partial charge in [-0.25, -0.2) is 0 Å². The van der Waals surface area contributed by atoms with Gasteiger partial charge in [0.15, 0.2) is 0 Å². The first-order valence-corrected chi connectivity index (χ1v) is 33.7. The predicted octanol–water partition coefficient (Wildman–Crippen LogP) is 22.5. The number of aromatic nitrogens is 2. The molecular formula is C90H75BN4. The molecule has 13 aromatic carbocycles. The third-order valence-electron chi connectivity index (χ3n) is 20.4. The average molecular weight is 1220 g/mol. The third kappa shape index (κ3) is 9.57. The first-order chi connectivity index (χ1) is 46.0. The standard InChI is InChI=1S/C90H75BN4/c1-88(2,3)64-32-24-30-60(50-64)62-42-46-69(58-26-12-10-13-27-58)81(52-62)94-83-56-67(92-77-38-20-16-34-71(77)72-35-17-21-39-78(72)92)44-48-75(83)91-76-49-45-68(93-79-40-22-18-36-73(79)74-37-19-23-41-80(74)93)57-84(76)95(86-55-66(90(7,8)9)54-85(94)87(86)91)82-53-63(43-47-70(82)59-28-14-11-15-29-59)61-31-25-33-65(51-61)89(4,5)6/h10-57H,1-9H3. The number of para-hydroxylation sites is 4. The molecule has 0 unspecified atom stereocenters. The van der Waals surface area contributed by atoms with Crippen molar-refractivity contribution in [2.24, 2.45) is 0 Å². The van der Waals surface area contributed by atoms with Crippen molar-refractivity contribution in [3.63, 3.8) is 0 Å². The number of hydrogen-bond acceptors (Lipinski definition) is 2. The first kappa shape index (κ1) is 58.0. The van der Waals surface area contributed by atoms with Crippen LogP contribution in [-0.2, 0) is 16.2 Å². The van der Waals surface area contributed by atoms with E-state index in [4.69, 9.17) is 0 Å². The van der Waals surface area contributed by atoms with Gasteiger partial charge in [-0.2, -0.15) is 0 Å². The van der Waals surface area contributed by atoms with Gasteiger partial charge in [-0.05, 0) is 156 Å². The Hall–Kier alpha value is -10.9. The second-order valence-corrected chi connectivity index (χ2v) is 29.4. The highest BCUT2D eigenvalue weighted by Crippen LogP contribution is 2.52. The van der Waals surface area contributed by atoms with Crippen LogP contribution in [0, 0.1) is 0 Å². The maximum atomic E-state index is 2.68. The fourth-order valence-corrected chi connectivity index (χ4v) is 15.4. The Labute approximate surface area is 558 Å². The Balaban J connectivity index is 1.02. The molecule has 15 aromatic rings. The normalized spacial score (nSPS) is 13.0. The highest BCUT2D eigenvalue weighted by Gasteiger charge is 2.45. The number of fused-ring (bicyclic) bond motifs is 10. The average Bonchev–Trinajstić information content (AvgIpc) is 1.05. The van der Waals surface area contributed by atoms with Crippen molar-refractivity contribution < 1.29 is 0 Å². The van der Waals surface area contributed by atoms with Crippen molar-refractivity contribution in [1.29, 1.82) is 0 Å². The van der Waals surface area contributed by atoms with E-state index in [2.05, 4.69) is 372 Å². The van der Waals surface area contributed by atoms with Crippen molar-refractivity contribution in [3.05, 3.63) is 308 Å². The van der Waals surface area contributed by atoms with Crippen LogP contribution in [-0.4, -0.2) is 15.8 Å². The van der Waals surface area contributed by atoms with Crippen molar-refractivity contribution >= 4 is 101 Å². The predicted molar refractivity (Wildman–Crippen MR) is 407 cm³/mol. The number of rotatable bonds is 8. The Morgan fingerprint density at radius 1 is 0.242 bits per heavy atom. The van der Waals surface area contributed by atoms with Gasteiger partial charge in [0.1, 0.15) is 0 Å². The largest absolute Gasteiger partial charge is 0.311 e. The van der Waals surface area contributed by atoms with E-state index in [0.717, 1.165) is 56.4 Å². The van der Waals surface area contributed by atoms with E-state index in [0.29, 0.717) is 0 Å². The van der Waals surface area contributed by atoms with E-state index in [1.807, 2.05) is 0 Å². The second-order valence-electron chi connectivity index (χ2n) is 29.4. The summed E-state index contributed by atoms with van der Waals surface area (Å²) in [4.78, 5) is 5.36. The van der Waals surface area contributed by atoms with Crippen LogP contribution in [0.3, 0.4) is 0 Å². The monoisotopic (exact) mass is 1220 g/mol. The summed E-state index contributed by atoms with van der Waals surface area (Å²) in [6, 6.07) is 111. The van der Waals surface area contributed by atoms with Gasteiger partial charge in [-0.15, -0.1) is 0 Å². The van der Waals surface area contributed by atoms with Crippen LogP contribution < -0.4 is 26.2 Å². The lowest BCUT2D eigenvalue weighted by molar-refractivity contribution is 0.590. The molecule has 17 rings (SSSR count). The second kappa shape index (κ2) is 21.9. The minimum Gasteiger partial charge on any atom is -0.311 e. The number of anilines is 6. The first-order valence-electron chi connectivity index (χ1n) is 33.7. The van der Waals surface area contributed by atoms with Gasteiger partial charge in [0.25, 0.3) is 6.71 Å². The highest BCUT2D eigenvalue weighted by atomic mass is 15.2. The molecule has 95 heavy (non-hydrogen) atoms. The Morgan fingerprint density at radius 3 is 0.947 bits per heavy atom. The lowest BCUT2D eigenvalue weighted by Gasteiger charge is -2.46. The molecule has 0 saturated carbocycles. The maximum Gasteiger partial charge on any atom is 0.252 e. The molecule has 2 aliphatic rings. The lowest BCUT2D eigenvalue weighted by Crippen LogP contribution is -2.61. The number of benzene rings is 13. The van der Waals surface area contributed by atoms with Gasteiger partial charge >= 0.3 is 0 Å². The molecule has 0 saturated heterocycles. The summed E-state index contributed by atoms with van der Waals surface area (Å²) in [6.45, 7) is 20.8. The van der Waals surface area contributed by atoms with Crippen molar-refractivity contribution in [2.75, 3.05) is 9.80 Å². The topological polar surface area (TPSA) is 16.3 Å². The van der Waals surface area contributed by atoms with Crippen LogP contribution in [0.4, 0.5) is 34.1 Å². The Bertz CT molecular complexity index is 5130. The van der Waals surface area contributed by atoms with E-state index >= 15 is 0 Å². The van der Waals surface area contributed by atoms with E-state index < -0.39 is 0 Å². The molecule has 458 valence electrons. The SMILES string of the molecule is CC(C)(C)c1cccc(-c2ccc(-c3ccccc3)c(N3c4cc(-n5c6ccccc6c6ccccc65)ccc4B4c5ccc(-n6c7ccccc7c7ccccc76)cc5N(c5cc(-c6cccc(C(C)(C)C)c6)ccc5-c5ccccc5)c5cc(C(C)(C)C)cc3c54)c2)c1. The van der Waals surface area contributed by atoms with Crippen LogP contribution in [0.2, 0.25) is 0 Å². The van der Waals surface area contributed by atoms with E-state index in [-0.39, 0.29) is 23.0 Å². The van der Waals surface area contributed by atoms with Gasteiger partial charge in [-0.1, -0.05) is 281 Å². The molecule has 4 nitrogen and oxygen atoms in total. The Kier molecular flexibility index (Phi) is 13.3. The summed E-state index contributed by atoms with van der Waals surface area (Å²) >= 11 is 0. The summed E-state index contributed by atoms with van der Waals surface area (Å²) in [6.07, 6.45) is 0. The van der Waals surface area contributed by atoms with Crippen LogP contribution in [0.25, 0.3) is 99.5 Å². The van der Waals surface area contributed by atoms with Gasteiger partial charge in [-0.3, -0.25) is 0 Å². The fourth-order valence-electron chi connectivity index (χ4n) is 15.4. The smallest absolute Gasteiger partial charge is 0.252 e. The van der Waals surface area contributed by atoms with Crippen LogP contribution >= 0.6 is 0 Å². The molecule has 0 radical (unpaired) electrons. The van der Waals surface area contributed by atoms with Crippen LogP contribution in [0.15, 0.2) is 291 Å². The van der Waals surface area contributed by atoms with Crippen LogP contribution in [0.5, 0.6) is 0 Å². The minimum atomic E-state index is -0.288. The summed E-state index contributed by atoms with van der Waals surface area (Å²) < 4.78 is 4.98. The molecular weight excluding hydrogens is 1150 g/mol. The molecule has 0 atom stereocenters. The van der Waals surface area contributed by atoms with E-state index in [1.54, 1.807) is 0 Å². The molecule has 0 N–H and O–H groups in total. The van der Waals surface area contributed by atoms with Gasteiger partial charge in [0.05, 0.1) is 33.4 Å². The van der Waals surface area contributed by atoms with E-state index in [9.17, 15) is 0 Å². The quantitative estimate of drug-likeness (QED) is 0.141. The molecule has 5 heteroatoms. The van der Waals surface area contributed by atoms with Crippen molar-refractivity contribution in [1.82, 2.24) is 9.13 Å². The molecule has 2 aliphatic heterocycles. The summed E-state index contributed by atoms with van der Waals surface area (Å²) in [7, 11) is 0. The fraction of sp³-hybridized carbons (Fsp3) is 0.133. The molecule has 0 amide bonds. The van der Waals surface area contributed by atoms with Crippen molar-refractivity contribution in [3.8, 4) is 55.9 Å². The Morgan fingerprint density at radius 2 is 0.579 bits per heavy atom. The summed E-state index contributed by atoms with van der Waals surface area (Å²) in [5.74, 6) is 0. The molecule has 2 aromatic heterocycles. The van der Waals surface area contributed by atoms with Crippen molar-refractivity contribution in [2.45, 2.75) is 78.6 Å². The highest BCUT2D eigenvalue weighted by molar-refractivity contribution is 7.00.